The number of nitrogens with zero attached hydrogens (tertiary/aromatic N) is 2. The van der Waals surface area contributed by atoms with E-state index in [9.17, 15) is 5.11 Å². The molecular weight excluding hydrogens is 200 g/mol. The van der Waals surface area contributed by atoms with Crippen molar-refractivity contribution in [2.45, 2.75) is 44.8 Å². The average molecular weight is 220 g/mol. The SMILES string of the molecule is C[C@@H](O)c1ccnc(N(C)C2CCCC2)c1. The van der Waals surface area contributed by atoms with Gasteiger partial charge in [-0.05, 0) is 37.5 Å². The van der Waals surface area contributed by atoms with Crippen molar-refractivity contribution in [2.24, 2.45) is 0 Å². The molecule has 3 nitrogen and oxygen atoms in total. The molecule has 3 heteroatoms. The van der Waals surface area contributed by atoms with Gasteiger partial charge in [0.05, 0.1) is 6.10 Å². The van der Waals surface area contributed by atoms with Gasteiger partial charge in [-0.3, -0.25) is 0 Å². The highest BCUT2D eigenvalue weighted by Crippen LogP contribution is 2.26. The number of anilines is 1. The molecule has 88 valence electrons. The summed E-state index contributed by atoms with van der Waals surface area (Å²) in [4.78, 5) is 6.63. The molecule has 0 bridgehead atoms. The molecule has 16 heavy (non-hydrogen) atoms. The Morgan fingerprint density at radius 3 is 2.75 bits per heavy atom. The van der Waals surface area contributed by atoms with Crippen LogP contribution in [0.4, 0.5) is 5.82 Å². The van der Waals surface area contributed by atoms with Gasteiger partial charge in [0, 0.05) is 19.3 Å². The van der Waals surface area contributed by atoms with Gasteiger partial charge in [-0.25, -0.2) is 4.98 Å². The second kappa shape index (κ2) is 4.83. The molecule has 1 atom stereocenters. The summed E-state index contributed by atoms with van der Waals surface area (Å²) in [5.74, 6) is 0.977. The zero-order chi connectivity index (χ0) is 11.5. The number of aromatic nitrogens is 1. The van der Waals surface area contributed by atoms with E-state index in [1.807, 2.05) is 12.1 Å². The lowest BCUT2D eigenvalue weighted by atomic mass is 10.1. The fourth-order valence-corrected chi connectivity index (χ4v) is 2.37. The summed E-state index contributed by atoms with van der Waals surface area (Å²) in [7, 11) is 2.10. The molecule has 1 aromatic heterocycles. The van der Waals surface area contributed by atoms with Gasteiger partial charge in [-0.15, -0.1) is 0 Å². The van der Waals surface area contributed by atoms with Gasteiger partial charge in [-0.1, -0.05) is 12.8 Å². The lowest BCUT2D eigenvalue weighted by Gasteiger charge is -2.25. The Hall–Kier alpha value is -1.09. The van der Waals surface area contributed by atoms with Crippen molar-refractivity contribution >= 4 is 5.82 Å². The molecule has 1 aromatic rings. The summed E-state index contributed by atoms with van der Waals surface area (Å²) in [5, 5.41) is 9.55. The smallest absolute Gasteiger partial charge is 0.128 e. The molecule has 0 spiro atoms. The maximum Gasteiger partial charge on any atom is 0.128 e. The van der Waals surface area contributed by atoms with E-state index in [2.05, 4.69) is 16.9 Å². The second-order valence-corrected chi connectivity index (χ2v) is 4.67. The maximum absolute atomic E-state index is 9.55. The second-order valence-electron chi connectivity index (χ2n) is 4.67. The Bertz CT molecular complexity index is 346. The van der Waals surface area contributed by atoms with E-state index in [0.29, 0.717) is 6.04 Å². The third-order valence-electron chi connectivity index (χ3n) is 3.49. The Morgan fingerprint density at radius 1 is 1.44 bits per heavy atom. The highest BCUT2D eigenvalue weighted by atomic mass is 16.3. The predicted molar refractivity (Wildman–Crippen MR) is 65.5 cm³/mol. The minimum Gasteiger partial charge on any atom is -0.389 e. The van der Waals surface area contributed by atoms with Crippen LogP contribution in [-0.2, 0) is 0 Å². The first kappa shape index (κ1) is 11.4. The zero-order valence-corrected chi connectivity index (χ0v) is 10.1. The van der Waals surface area contributed by atoms with Crippen LogP contribution in [0.2, 0.25) is 0 Å². The van der Waals surface area contributed by atoms with Gasteiger partial charge in [0.15, 0.2) is 0 Å². The van der Waals surface area contributed by atoms with Crippen LogP contribution < -0.4 is 4.90 Å². The van der Waals surface area contributed by atoms with E-state index in [0.717, 1.165) is 11.4 Å². The minimum atomic E-state index is -0.418. The lowest BCUT2D eigenvalue weighted by Crippen LogP contribution is -2.29. The van der Waals surface area contributed by atoms with Crippen molar-refractivity contribution in [3.63, 3.8) is 0 Å². The molecule has 0 saturated heterocycles. The van der Waals surface area contributed by atoms with E-state index in [1.54, 1.807) is 13.1 Å². The fourth-order valence-electron chi connectivity index (χ4n) is 2.37. The molecule has 0 radical (unpaired) electrons. The van der Waals surface area contributed by atoms with Crippen LogP contribution in [0.5, 0.6) is 0 Å². The molecule has 1 saturated carbocycles. The summed E-state index contributed by atoms with van der Waals surface area (Å²) in [6.07, 6.45) is 6.53. The van der Waals surface area contributed by atoms with Gasteiger partial charge < -0.3 is 10.0 Å². The van der Waals surface area contributed by atoms with Crippen molar-refractivity contribution in [1.82, 2.24) is 4.98 Å². The van der Waals surface area contributed by atoms with Crippen LogP contribution in [0.25, 0.3) is 0 Å². The monoisotopic (exact) mass is 220 g/mol. The summed E-state index contributed by atoms with van der Waals surface area (Å²) >= 11 is 0. The zero-order valence-electron chi connectivity index (χ0n) is 10.1. The topological polar surface area (TPSA) is 36.4 Å². The number of hydrogen-bond donors (Lipinski definition) is 1. The van der Waals surface area contributed by atoms with Gasteiger partial charge in [0.25, 0.3) is 0 Å². The van der Waals surface area contributed by atoms with Crippen molar-refractivity contribution < 1.29 is 5.11 Å². The summed E-state index contributed by atoms with van der Waals surface area (Å²) < 4.78 is 0. The van der Waals surface area contributed by atoms with Crippen molar-refractivity contribution in [1.29, 1.82) is 0 Å². The van der Waals surface area contributed by atoms with E-state index in [1.165, 1.54) is 25.7 Å². The average Bonchev–Trinajstić information content (AvgIpc) is 2.81. The van der Waals surface area contributed by atoms with Crippen LogP contribution in [0.1, 0.15) is 44.3 Å². The Balaban J connectivity index is 2.15. The lowest BCUT2D eigenvalue weighted by molar-refractivity contribution is 0.199. The predicted octanol–water partition coefficient (Wildman–Crippen LogP) is 2.51. The van der Waals surface area contributed by atoms with Crippen LogP contribution in [-0.4, -0.2) is 23.2 Å². The molecule has 1 fully saturated rings. The third-order valence-corrected chi connectivity index (χ3v) is 3.49. The van der Waals surface area contributed by atoms with Gasteiger partial charge in [0.2, 0.25) is 0 Å². The highest BCUT2D eigenvalue weighted by molar-refractivity contribution is 5.42. The molecule has 1 aliphatic carbocycles. The first-order valence-corrected chi connectivity index (χ1v) is 6.05. The Morgan fingerprint density at radius 2 is 2.12 bits per heavy atom. The number of aliphatic hydroxyl groups excluding tert-OH is 1. The first-order valence-electron chi connectivity index (χ1n) is 6.05. The Labute approximate surface area is 97.1 Å². The van der Waals surface area contributed by atoms with E-state index in [4.69, 9.17) is 0 Å². The summed E-state index contributed by atoms with van der Waals surface area (Å²) in [5.41, 5.74) is 0.940. The van der Waals surface area contributed by atoms with E-state index < -0.39 is 6.10 Å². The Kier molecular flexibility index (Phi) is 3.44. The quantitative estimate of drug-likeness (QED) is 0.850. The summed E-state index contributed by atoms with van der Waals surface area (Å²) in [6.45, 7) is 1.79. The van der Waals surface area contributed by atoms with E-state index in [-0.39, 0.29) is 0 Å². The molecule has 0 amide bonds. The normalized spacial score (nSPS) is 18.7. The van der Waals surface area contributed by atoms with Crippen molar-refractivity contribution in [3.05, 3.63) is 23.9 Å². The molecule has 2 rings (SSSR count). The van der Waals surface area contributed by atoms with Crippen LogP contribution >= 0.6 is 0 Å². The largest absolute Gasteiger partial charge is 0.389 e. The van der Waals surface area contributed by atoms with Crippen molar-refractivity contribution in [2.75, 3.05) is 11.9 Å². The fraction of sp³-hybridized carbons (Fsp3) is 0.615. The van der Waals surface area contributed by atoms with E-state index >= 15 is 0 Å². The number of rotatable bonds is 3. The van der Waals surface area contributed by atoms with Gasteiger partial charge >= 0.3 is 0 Å². The molecule has 0 aliphatic heterocycles. The maximum atomic E-state index is 9.55. The molecule has 0 unspecified atom stereocenters. The van der Waals surface area contributed by atoms with Crippen LogP contribution in [0.3, 0.4) is 0 Å². The van der Waals surface area contributed by atoms with Crippen LogP contribution in [0, 0.1) is 0 Å². The first-order chi connectivity index (χ1) is 7.68. The number of pyridine rings is 1. The molecule has 1 aliphatic rings. The minimum absolute atomic E-state index is 0.418. The molecular formula is C13H20N2O. The molecule has 0 aromatic carbocycles. The summed E-state index contributed by atoms with van der Waals surface area (Å²) in [6, 6.07) is 4.48. The van der Waals surface area contributed by atoms with Gasteiger partial charge in [-0.2, -0.15) is 0 Å². The van der Waals surface area contributed by atoms with Crippen LogP contribution in [0.15, 0.2) is 18.3 Å². The van der Waals surface area contributed by atoms with Gasteiger partial charge in [0.1, 0.15) is 5.82 Å². The van der Waals surface area contributed by atoms with Crippen molar-refractivity contribution in [3.8, 4) is 0 Å². The highest BCUT2D eigenvalue weighted by Gasteiger charge is 2.20. The molecule has 1 N–H and O–H groups in total. The number of hydrogen-bond acceptors (Lipinski definition) is 3. The standard InChI is InChI=1S/C13H20N2O/c1-10(16)11-7-8-14-13(9-11)15(2)12-5-3-4-6-12/h7-10,12,16H,3-6H2,1-2H3/t10-/m1/s1. The third kappa shape index (κ3) is 2.35. The number of aliphatic hydroxyl groups is 1. The molecule has 1 heterocycles.